The molecule has 0 radical (unpaired) electrons. The third-order valence-corrected chi connectivity index (χ3v) is 2.19. The molecule has 0 saturated carbocycles. The van der Waals surface area contributed by atoms with Gasteiger partial charge in [0.2, 0.25) is 0 Å². The van der Waals surface area contributed by atoms with Gasteiger partial charge in [0.05, 0.1) is 12.8 Å². The minimum atomic E-state index is 0.174. The number of aromatic hydroxyl groups is 1. The molecular weight excluding hydrogens is 192 g/mol. The molecule has 4 heteroatoms. The fraction of sp³-hybridized carbons (Fsp3) is 0.182. The summed E-state index contributed by atoms with van der Waals surface area (Å²) in [5, 5.41) is 14.0. The summed E-state index contributed by atoms with van der Waals surface area (Å²) in [7, 11) is 3.40. The average Bonchev–Trinajstić information content (AvgIpc) is 2.64. The zero-order chi connectivity index (χ0) is 10.8. The summed E-state index contributed by atoms with van der Waals surface area (Å²) in [6, 6.07) is 7.01. The van der Waals surface area contributed by atoms with Gasteiger partial charge in [-0.2, -0.15) is 5.10 Å². The molecule has 78 valence electrons. The lowest BCUT2D eigenvalue weighted by Crippen LogP contribution is -1.88. The van der Waals surface area contributed by atoms with E-state index < -0.39 is 0 Å². The highest BCUT2D eigenvalue weighted by Gasteiger charge is 2.07. The Bertz CT molecular complexity index is 477. The van der Waals surface area contributed by atoms with Crippen LogP contribution in [0.25, 0.3) is 11.3 Å². The fourth-order valence-corrected chi connectivity index (χ4v) is 1.41. The number of rotatable bonds is 2. The Labute approximate surface area is 87.7 Å². The van der Waals surface area contributed by atoms with Gasteiger partial charge in [-0.3, -0.25) is 4.68 Å². The van der Waals surface area contributed by atoms with Crippen LogP contribution < -0.4 is 4.74 Å². The van der Waals surface area contributed by atoms with Gasteiger partial charge < -0.3 is 9.84 Å². The Morgan fingerprint density at radius 1 is 1.33 bits per heavy atom. The van der Waals surface area contributed by atoms with Gasteiger partial charge in [0.15, 0.2) is 0 Å². The van der Waals surface area contributed by atoms with Crippen LogP contribution in [0.15, 0.2) is 30.5 Å². The van der Waals surface area contributed by atoms with Crippen molar-refractivity contribution in [3.63, 3.8) is 0 Å². The van der Waals surface area contributed by atoms with E-state index >= 15 is 0 Å². The van der Waals surface area contributed by atoms with E-state index in [0.29, 0.717) is 11.3 Å². The number of hydrogen-bond donors (Lipinski definition) is 1. The number of phenols is 1. The maximum Gasteiger partial charge on any atom is 0.128 e. The van der Waals surface area contributed by atoms with Crippen LogP contribution in [0.5, 0.6) is 11.5 Å². The molecule has 0 unspecified atom stereocenters. The van der Waals surface area contributed by atoms with Gasteiger partial charge in [0.1, 0.15) is 11.5 Å². The lowest BCUT2D eigenvalue weighted by atomic mass is 10.1. The van der Waals surface area contributed by atoms with Crippen LogP contribution >= 0.6 is 0 Å². The molecule has 1 N–H and O–H groups in total. The van der Waals surface area contributed by atoms with Crippen molar-refractivity contribution in [3.8, 4) is 22.8 Å². The Hall–Kier alpha value is -1.97. The van der Waals surface area contributed by atoms with Gasteiger partial charge in [-0.15, -0.1) is 0 Å². The standard InChI is InChI=1S/C11H12N2O2/c1-13-6-5-10(12-13)9-4-3-8(15-2)7-11(9)14/h3-7,14H,1-2H3. The first kappa shape index (κ1) is 9.58. The molecule has 0 saturated heterocycles. The lowest BCUT2D eigenvalue weighted by Gasteiger charge is -2.04. The van der Waals surface area contributed by atoms with E-state index in [1.807, 2.05) is 19.3 Å². The largest absolute Gasteiger partial charge is 0.507 e. The van der Waals surface area contributed by atoms with Crippen molar-refractivity contribution < 1.29 is 9.84 Å². The third kappa shape index (κ3) is 1.79. The number of methoxy groups -OCH3 is 1. The molecule has 1 aromatic heterocycles. The molecule has 2 rings (SSSR count). The summed E-state index contributed by atoms with van der Waals surface area (Å²) in [6.45, 7) is 0. The highest BCUT2D eigenvalue weighted by molar-refractivity contribution is 5.67. The topological polar surface area (TPSA) is 47.3 Å². The highest BCUT2D eigenvalue weighted by Crippen LogP contribution is 2.30. The molecule has 0 aliphatic carbocycles. The normalized spacial score (nSPS) is 10.3. The molecule has 2 aromatic rings. The molecule has 0 aliphatic heterocycles. The van der Waals surface area contributed by atoms with Crippen molar-refractivity contribution in [1.29, 1.82) is 0 Å². The van der Waals surface area contributed by atoms with Gasteiger partial charge in [0, 0.05) is 24.9 Å². The second-order valence-corrected chi connectivity index (χ2v) is 3.26. The van der Waals surface area contributed by atoms with Crippen LogP contribution in [0, 0.1) is 0 Å². The summed E-state index contributed by atoms with van der Waals surface area (Å²) in [6.07, 6.45) is 1.83. The molecule has 0 aliphatic rings. The predicted molar refractivity (Wildman–Crippen MR) is 56.9 cm³/mol. The number of nitrogens with zero attached hydrogens (tertiary/aromatic N) is 2. The summed E-state index contributed by atoms with van der Waals surface area (Å²) in [5.74, 6) is 0.806. The van der Waals surface area contributed by atoms with Crippen LogP contribution in [0.1, 0.15) is 0 Å². The average molecular weight is 204 g/mol. The first-order chi connectivity index (χ1) is 7.20. The van der Waals surface area contributed by atoms with Crippen LogP contribution in [-0.2, 0) is 7.05 Å². The van der Waals surface area contributed by atoms with Gasteiger partial charge in [0.25, 0.3) is 0 Å². The van der Waals surface area contributed by atoms with E-state index in [4.69, 9.17) is 4.74 Å². The highest BCUT2D eigenvalue weighted by atomic mass is 16.5. The molecule has 0 atom stereocenters. The second-order valence-electron chi connectivity index (χ2n) is 3.26. The second kappa shape index (κ2) is 3.65. The molecule has 0 spiro atoms. The zero-order valence-electron chi connectivity index (χ0n) is 8.64. The Kier molecular flexibility index (Phi) is 2.33. The minimum absolute atomic E-state index is 0.174. The number of benzene rings is 1. The van der Waals surface area contributed by atoms with Crippen molar-refractivity contribution in [2.75, 3.05) is 7.11 Å². The first-order valence-electron chi connectivity index (χ1n) is 4.58. The van der Waals surface area contributed by atoms with Crippen LogP contribution in [-0.4, -0.2) is 22.0 Å². The van der Waals surface area contributed by atoms with E-state index in [9.17, 15) is 5.11 Å². The molecule has 15 heavy (non-hydrogen) atoms. The smallest absolute Gasteiger partial charge is 0.128 e. The maximum absolute atomic E-state index is 9.76. The van der Waals surface area contributed by atoms with Crippen LogP contribution in [0.2, 0.25) is 0 Å². The summed E-state index contributed by atoms with van der Waals surface area (Å²) >= 11 is 0. The first-order valence-corrected chi connectivity index (χ1v) is 4.58. The predicted octanol–water partition coefficient (Wildman–Crippen LogP) is 1.80. The van der Waals surface area contributed by atoms with E-state index in [2.05, 4.69) is 5.10 Å². The molecule has 1 aromatic carbocycles. The van der Waals surface area contributed by atoms with E-state index in [1.54, 1.807) is 30.0 Å². The SMILES string of the molecule is COc1ccc(-c2ccn(C)n2)c(O)c1. The number of hydrogen-bond acceptors (Lipinski definition) is 3. The molecular formula is C11H12N2O2. The van der Waals surface area contributed by atoms with Crippen molar-refractivity contribution in [3.05, 3.63) is 30.5 Å². The number of ether oxygens (including phenoxy) is 1. The molecule has 1 heterocycles. The summed E-state index contributed by atoms with van der Waals surface area (Å²) < 4.78 is 6.70. The maximum atomic E-state index is 9.76. The molecule has 0 amide bonds. The van der Waals surface area contributed by atoms with Crippen molar-refractivity contribution in [1.82, 2.24) is 9.78 Å². The Morgan fingerprint density at radius 3 is 2.67 bits per heavy atom. The van der Waals surface area contributed by atoms with E-state index in [-0.39, 0.29) is 5.75 Å². The zero-order valence-corrected chi connectivity index (χ0v) is 8.64. The van der Waals surface area contributed by atoms with Crippen LogP contribution in [0.4, 0.5) is 0 Å². The quantitative estimate of drug-likeness (QED) is 0.811. The van der Waals surface area contributed by atoms with E-state index in [1.165, 1.54) is 0 Å². The van der Waals surface area contributed by atoms with Crippen LogP contribution in [0.3, 0.4) is 0 Å². The fourth-order valence-electron chi connectivity index (χ4n) is 1.41. The summed E-state index contributed by atoms with van der Waals surface area (Å²) in [4.78, 5) is 0. The number of phenolic OH excluding ortho intramolecular Hbond substituents is 1. The molecule has 4 nitrogen and oxygen atoms in total. The van der Waals surface area contributed by atoms with Gasteiger partial charge in [-0.25, -0.2) is 0 Å². The van der Waals surface area contributed by atoms with Crippen molar-refractivity contribution in [2.45, 2.75) is 0 Å². The Balaban J connectivity index is 2.45. The third-order valence-electron chi connectivity index (χ3n) is 2.19. The molecule has 0 fully saturated rings. The van der Waals surface area contributed by atoms with Crippen molar-refractivity contribution >= 4 is 0 Å². The van der Waals surface area contributed by atoms with E-state index in [0.717, 1.165) is 5.69 Å². The Morgan fingerprint density at radius 2 is 2.13 bits per heavy atom. The van der Waals surface area contributed by atoms with Crippen molar-refractivity contribution in [2.24, 2.45) is 7.05 Å². The number of aryl methyl sites for hydroxylation is 1. The summed E-state index contributed by atoms with van der Waals surface area (Å²) in [5.41, 5.74) is 1.45. The molecule has 0 bridgehead atoms. The monoisotopic (exact) mass is 204 g/mol. The lowest BCUT2D eigenvalue weighted by molar-refractivity contribution is 0.408. The van der Waals surface area contributed by atoms with Gasteiger partial charge in [-0.1, -0.05) is 0 Å². The van der Waals surface area contributed by atoms with Gasteiger partial charge in [-0.05, 0) is 18.2 Å². The number of aromatic nitrogens is 2. The van der Waals surface area contributed by atoms with Gasteiger partial charge >= 0.3 is 0 Å². The minimum Gasteiger partial charge on any atom is -0.507 e.